The zero-order valence-corrected chi connectivity index (χ0v) is 12.9. The molecule has 128 valence electrons. The Kier molecular flexibility index (Phi) is 5.35. The van der Waals surface area contributed by atoms with Gasteiger partial charge in [-0.05, 0) is 17.7 Å². The van der Waals surface area contributed by atoms with Gasteiger partial charge >= 0.3 is 18.0 Å². The summed E-state index contributed by atoms with van der Waals surface area (Å²) in [5.74, 6) is -2.26. The van der Waals surface area contributed by atoms with Crippen LogP contribution < -0.4 is 5.32 Å². The first-order valence-corrected chi connectivity index (χ1v) is 7.02. The summed E-state index contributed by atoms with van der Waals surface area (Å²) in [5.41, 5.74) is 1.04. The molecule has 1 aromatic rings. The Morgan fingerprint density at radius 1 is 1.33 bits per heavy atom. The fourth-order valence-corrected chi connectivity index (χ4v) is 2.18. The van der Waals surface area contributed by atoms with E-state index in [0.717, 1.165) is 0 Å². The van der Waals surface area contributed by atoms with Crippen molar-refractivity contribution in [1.29, 1.82) is 0 Å². The minimum atomic E-state index is -1.18. The van der Waals surface area contributed by atoms with Gasteiger partial charge in [-0.15, -0.1) is 0 Å². The summed E-state index contributed by atoms with van der Waals surface area (Å²) in [5, 5.41) is 10.8. The monoisotopic (exact) mass is 336 g/mol. The number of benzene rings is 1. The third-order valence-corrected chi connectivity index (χ3v) is 3.42. The van der Waals surface area contributed by atoms with Crippen molar-refractivity contribution in [1.82, 2.24) is 10.2 Å². The van der Waals surface area contributed by atoms with Crippen LogP contribution in [-0.2, 0) is 25.6 Å². The van der Waals surface area contributed by atoms with Gasteiger partial charge in [-0.25, -0.2) is 9.59 Å². The molecule has 1 aliphatic rings. The SMILES string of the molecule is COC(=O)c1ccc(CN2C(=O)OC[C@H]2C(=O)NCC(=O)O)cc1. The number of carboxylic acid groups (broad SMARTS) is 1. The van der Waals surface area contributed by atoms with Crippen molar-refractivity contribution in [2.75, 3.05) is 20.3 Å². The minimum absolute atomic E-state index is 0.0887. The molecule has 0 spiro atoms. The zero-order valence-electron chi connectivity index (χ0n) is 12.9. The molecule has 0 radical (unpaired) electrons. The van der Waals surface area contributed by atoms with Crippen molar-refractivity contribution in [3.63, 3.8) is 0 Å². The fraction of sp³-hybridized carbons (Fsp3) is 0.333. The van der Waals surface area contributed by atoms with Crippen LogP contribution in [0.2, 0.25) is 0 Å². The lowest BCUT2D eigenvalue weighted by atomic mass is 10.1. The van der Waals surface area contributed by atoms with Gasteiger partial charge in [0.1, 0.15) is 19.2 Å². The zero-order chi connectivity index (χ0) is 17.7. The molecular formula is C15H16N2O7. The number of carboxylic acids is 1. The van der Waals surface area contributed by atoms with Gasteiger partial charge < -0.3 is 19.9 Å². The topological polar surface area (TPSA) is 122 Å². The maximum Gasteiger partial charge on any atom is 0.410 e. The Labute approximate surface area is 137 Å². The number of rotatable bonds is 6. The van der Waals surface area contributed by atoms with Gasteiger partial charge in [0, 0.05) is 0 Å². The molecule has 9 heteroatoms. The van der Waals surface area contributed by atoms with Crippen LogP contribution in [0, 0.1) is 0 Å². The number of methoxy groups -OCH3 is 1. The number of carbonyl (C=O) groups excluding carboxylic acids is 3. The van der Waals surface area contributed by atoms with E-state index in [1.165, 1.54) is 12.0 Å². The van der Waals surface area contributed by atoms with Gasteiger partial charge in [-0.2, -0.15) is 0 Å². The number of cyclic esters (lactones) is 1. The predicted octanol–water partition coefficient (Wildman–Crippen LogP) is -0.00520. The van der Waals surface area contributed by atoms with Crippen molar-refractivity contribution in [3.05, 3.63) is 35.4 Å². The van der Waals surface area contributed by atoms with Crippen LogP contribution in [0.4, 0.5) is 4.79 Å². The average Bonchev–Trinajstić information content (AvgIpc) is 2.93. The molecule has 1 fully saturated rings. The highest BCUT2D eigenvalue weighted by Gasteiger charge is 2.38. The molecule has 0 bridgehead atoms. The summed E-state index contributed by atoms with van der Waals surface area (Å²) in [6.45, 7) is -0.596. The summed E-state index contributed by atoms with van der Waals surface area (Å²) in [6.07, 6.45) is -0.664. The average molecular weight is 336 g/mol. The molecule has 1 atom stereocenters. The van der Waals surface area contributed by atoms with Crippen molar-refractivity contribution >= 4 is 23.9 Å². The number of carbonyl (C=O) groups is 4. The molecule has 0 aliphatic carbocycles. The first-order chi connectivity index (χ1) is 11.4. The van der Waals surface area contributed by atoms with E-state index in [1.54, 1.807) is 24.3 Å². The number of nitrogens with zero attached hydrogens (tertiary/aromatic N) is 1. The maximum absolute atomic E-state index is 12.0. The van der Waals surface area contributed by atoms with Crippen molar-refractivity contribution in [2.45, 2.75) is 12.6 Å². The van der Waals surface area contributed by atoms with Crippen molar-refractivity contribution in [2.24, 2.45) is 0 Å². The molecule has 24 heavy (non-hydrogen) atoms. The number of amides is 2. The van der Waals surface area contributed by atoms with E-state index in [9.17, 15) is 19.2 Å². The van der Waals surface area contributed by atoms with Crippen LogP contribution in [0.15, 0.2) is 24.3 Å². The second-order valence-corrected chi connectivity index (χ2v) is 5.02. The van der Waals surface area contributed by atoms with Crippen LogP contribution in [0.1, 0.15) is 15.9 Å². The van der Waals surface area contributed by atoms with Gasteiger partial charge in [0.2, 0.25) is 5.91 Å². The summed E-state index contributed by atoms with van der Waals surface area (Å²) >= 11 is 0. The number of hydrogen-bond acceptors (Lipinski definition) is 6. The second-order valence-electron chi connectivity index (χ2n) is 5.02. The molecular weight excluding hydrogens is 320 g/mol. The second kappa shape index (κ2) is 7.44. The number of esters is 1. The van der Waals surface area contributed by atoms with Gasteiger partial charge in [-0.1, -0.05) is 12.1 Å². The third-order valence-electron chi connectivity index (χ3n) is 3.42. The molecule has 0 saturated carbocycles. The highest BCUT2D eigenvalue weighted by atomic mass is 16.6. The minimum Gasteiger partial charge on any atom is -0.480 e. The maximum atomic E-state index is 12.0. The van der Waals surface area contributed by atoms with E-state index in [2.05, 4.69) is 10.1 Å². The Bertz CT molecular complexity index is 656. The largest absolute Gasteiger partial charge is 0.480 e. The number of ether oxygens (including phenoxy) is 2. The molecule has 1 saturated heterocycles. The number of nitrogens with one attached hydrogen (secondary N) is 1. The van der Waals surface area contributed by atoms with Crippen LogP contribution >= 0.6 is 0 Å². The lowest BCUT2D eigenvalue weighted by Crippen LogP contribution is -2.46. The van der Waals surface area contributed by atoms with E-state index in [4.69, 9.17) is 9.84 Å². The molecule has 2 rings (SSSR count). The van der Waals surface area contributed by atoms with Crippen LogP contribution in [0.5, 0.6) is 0 Å². The summed E-state index contributed by atoms with van der Waals surface area (Å²) in [4.78, 5) is 46.8. The standard InChI is InChI=1S/C15H16N2O7/c1-23-14(21)10-4-2-9(3-5-10)7-17-11(8-24-15(17)22)13(20)16-6-12(18)19/h2-5,11H,6-8H2,1H3,(H,16,20)(H,18,19)/t11-/m0/s1. The predicted molar refractivity (Wildman–Crippen MR) is 79.1 cm³/mol. The first kappa shape index (κ1) is 17.3. The Morgan fingerprint density at radius 3 is 2.58 bits per heavy atom. The Hall–Kier alpha value is -3.10. The lowest BCUT2D eigenvalue weighted by Gasteiger charge is -2.20. The molecule has 1 aromatic carbocycles. The van der Waals surface area contributed by atoms with Crippen molar-refractivity contribution in [3.8, 4) is 0 Å². The third kappa shape index (κ3) is 4.00. The van der Waals surface area contributed by atoms with E-state index in [1.807, 2.05) is 0 Å². The first-order valence-electron chi connectivity index (χ1n) is 7.02. The lowest BCUT2D eigenvalue weighted by molar-refractivity contribution is -0.138. The van der Waals surface area contributed by atoms with E-state index in [0.29, 0.717) is 11.1 Å². The van der Waals surface area contributed by atoms with Gasteiger partial charge in [0.25, 0.3) is 0 Å². The normalized spacial score (nSPS) is 16.5. The van der Waals surface area contributed by atoms with Crippen LogP contribution in [0.25, 0.3) is 0 Å². The quantitative estimate of drug-likeness (QED) is 0.701. The molecule has 1 aliphatic heterocycles. The van der Waals surface area contributed by atoms with Gasteiger partial charge in [0.05, 0.1) is 19.2 Å². The van der Waals surface area contributed by atoms with E-state index in [-0.39, 0.29) is 13.2 Å². The Balaban J connectivity index is 2.05. The van der Waals surface area contributed by atoms with E-state index < -0.39 is 36.5 Å². The molecule has 0 aromatic heterocycles. The van der Waals surface area contributed by atoms with Gasteiger partial charge in [0.15, 0.2) is 0 Å². The molecule has 0 unspecified atom stereocenters. The smallest absolute Gasteiger partial charge is 0.410 e. The molecule has 9 nitrogen and oxygen atoms in total. The molecule has 2 N–H and O–H groups in total. The summed E-state index contributed by atoms with van der Waals surface area (Å²) in [7, 11) is 1.27. The van der Waals surface area contributed by atoms with Crippen molar-refractivity contribution < 1.29 is 33.8 Å². The van der Waals surface area contributed by atoms with Crippen LogP contribution in [-0.4, -0.2) is 60.2 Å². The molecule has 1 heterocycles. The van der Waals surface area contributed by atoms with Crippen LogP contribution in [0.3, 0.4) is 0 Å². The summed E-state index contributed by atoms with van der Waals surface area (Å²) < 4.78 is 9.46. The fourth-order valence-electron chi connectivity index (χ4n) is 2.18. The van der Waals surface area contributed by atoms with Gasteiger partial charge in [-0.3, -0.25) is 14.5 Å². The van der Waals surface area contributed by atoms with E-state index >= 15 is 0 Å². The summed E-state index contributed by atoms with van der Waals surface area (Å²) in [6, 6.07) is 5.44. The highest BCUT2D eigenvalue weighted by Crippen LogP contribution is 2.17. The highest BCUT2D eigenvalue weighted by molar-refractivity contribution is 5.90. The number of hydrogen-bond donors (Lipinski definition) is 2. The molecule has 2 amide bonds. The Morgan fingerprint density at radius 2 is 2.00 bits per heavy atom. The number of aliphatic carboxylic acids is 1.